The van der Waals surface area contributed by atoms with Gasteiger partial charge in [0.05, 0.1) is 17.1 Å². The van der Waals surface area contributed by atoms with Crippen LogP contribution in [-0.2, 0) is 53.6 Å². The standard InChI is InChI=1S/C77H78N4O.Pt/c1-72(2,3)57-40-41-78-68(47-57)81-66-39-29-28-38-64(66)69-65(75(10,11)54-32-22-17-23-33-54)49-63(50-67(69)81)82-62-46-59(74(7,8)9)45-61(48-62)80-51-79(60-43-53(52-30-20-16-21-31-52)42-58(44-60)73(4,5)6)70(76(12,13)55-34-24-18-25-35-55)71(80)77(14,15)56-36-26-19-27-37-56;/h16-47,49H,1-15H3;/q-2;. The molecule has 0 unspecified atom stereocenters. The number of pyridine rings is 1. The number of nitrogens with zero attached hydrogens (tertiary/aromatic N) is 4. The van der Waals surface area contributed by atoms with Crippen molar-refractivity contribution in [2.24, 2.45) is 0 Å². The maximum absolute atomic E-state index is 7.43. The van der Waals surface area contributed by atoms with Crippen LogP contribution in [0.4, 0.5) is 0 Å². The molecule has 0 amide bonds. The quantitative estimate of drug-likeness (QED) is 0.0903. The Morgan fingerprint density at radius 2 is 0.964 bits per heavy atom. The average Bonchev–Trinajstić information content (AvgIpc) is 1.89. The van der Waals surface area contributed by atoms with Crippen LogP contribution in [-0.4, -0.2) is 14.1 Å². The largest absolute Gasteiger partial charge is 0.510 e. The molecule has 0 N–H and O–H groups in total. The Kier molecular flexibility index (Phi) is 15.4. The third kappa shape index (κ3) is 11.1. The Morgan fingerprint density at radius 1 is 0.446 bits per heavy atom. The molecule has 424 valence electrons. The second-order valence-electron chi connectivity index (χ2n) is 27.1. The molecule has 0 bridgehead atoms. The maximum atomic E-state index is 7.43. The molecular formula is C77H78N4OPt-2. The molecule has 6 heteroatoms. The Labute approximate surface area is 508 Å². The van der Waals surface area contributed by atoms with Gasteiger partial charge >= 0.3 is 0 Å². The van der Waals surface area contributed by atoms with Crippen molar-refractivity contribution in [1.82, 2.24) is 14.1 Å². The van der Waals surface area contributed by atoms with E-state index in [1.54, 1.807) is 0 Å². The second kappa shape index (κ2) is 21.9. The molecule has 0 spiro atoms. The minimum Gasteiger partial charge on any atom is -0.510 e. The smallest absolute Gasteiger partial charge is 0.267 e. The first-order valence-electron chi connectivity index (χ1n) is 29.0. The van der Waals surface area contributed by atoms with E-state index in [9.17, 15) is 0 Å². The first kappa shape index (κ1) is 58.6. The molecular weight excluding hydrogens is 1190 g/mol. The number of ether oxygens (including phenoxy) is 1. The first-order chi connectivity index (χ1) is 38.8. The Morgan fingerprint density at radius 3 is 1.55 bits per heavy atom. The van der Waals surface area contributed by atoms with Crippen LogP contribution in [0.3, 0.4) is 0 Å². The van der Waals surface area contributed by atoms with Crippen LogP contribution in [0.15, 0.2) is 200 Å². The van der Waals surface area contributed by atoms with Crippen molar-refractivity contribution in [3.8, 4) is 39.8 Å². The summed E-state index contributed by atoms with van der Waals surface area (Å²) in [6, 6.07) is 78.0. The van der Waals surface area contributed by atoms with E-state index >= 15 is 0 Å². The van der Waals surface area contributed by atoms with Crippen LogP contribution < -0.4 is 9.30 Å². The summed E-state index contributed by atoms with van der Waals surface area (Å²) in [6.07, 6.45) is 6.05. The summed E-state index contributed by atoms with van der Waals surface area (Å²) < 4.78 is 14.4. The van der Waals surface area contributed by atoms with Gasteiger partial charge in [0.15, 0.2) is 0 Å². The molecule has 11 aromatic rings. The molecule has 0 fully saturated rings. The molecule has 0 aliphatic heterocycles. The average molecular weight is 1270 g/mol. The van der Waals surface area contributed by atoms with E-state index in [4.69, 9.17) is 9.72 Å². The number of rotatable bonds is 12. The predicted octanol–water partition coefficient (Wildman–Crippen LogP) is 19.0. The van der Waals surface area contributed by atoms with Crippen LogP contribution >= 0.6 is 0 Å². The van der Waals surface area contributed by atoms with E-state index in [2.05, 4.69) is 330 Å². The molecule has 5 nitrogen and oxygen atoms in total. The Bertz CT molecular complexity index is 4130. The van der Waals surface area contributed by atoms with E-state index in [0.29, 0.717) is 11.5 Å². The molecule has 3 heterocycles. The van der Waals surface area contributed by atoms with E-state index in [-0.39, 0.29) is 37.3 Å². The van der Waals surface area contributed by atoms with E-state index in [0.717, 1.165) is 72.6 Å². The summed E-state index contributed by atoms with van der Waals surface area (Å²) in [7, 11) is 0. The third-order valence-corrected chi connectivity index (χ3v) is 17.0. The zero-order chi connectivity index (χ0) is 58.1. The number of benzene rings is 8. The van der Waals surface area contributed by atoms with Gasteiger partial charge in [0, 0.05) is 55.1 Å². The monoisotopic (exact) mass is 1270 g/mol. The Hall–Kier alpha value is -7.59. The normalized spacial score (nSPS) is 12.7. The molecule has 83 heavy (non-hydrogen) atoms. The van der Waals surface area contributed by atoms with Crippen molar-refractivity contribution in [1.29, 1.82) is 0 Å². The molecule has 11 rings (SSSR count). The minimum absolute atomic E-state index is 0. The fraction of sp³-hybridized carbons (Fsp3) is 0.273. The van der Waals surface area contributed by atoms with E-state index in [1.807, 2.05) is 6.20 Å². The predicted molar refractivity (Wildman–Crippen MR) is 340 cm³/mol. The van der Waals surface area contributed by atoms with Gasteiger partial charge in [-0.05, 0) is 102 Å². The van der Waals surface area contributed by atoms with Gasteiger partial charge in [-0.3, -0.25) is 4.57 Å². The summed E-state index contributed by atoms with van der Waals surface area (Å²) in [5.41, 5.74) is 14.5. The second-order valence-corrected chi connectivity index (χ2v) is 27.1. The van der Waals surface area contributed by atoms with Crippen molar-refractivity contribution in [3.05, 3.63) is 269 Å². The van der Waals surface area contributed by atoms with Gasteiger partial charge < -0.3 is 13.9 Å². The summed E-state index contributed by atoms with van der Waals surface area (Å²) >= 11 is 0. The Balaban J connectivity index is 0.00000769. The molecule has 0 aliphatic carbocycles. The zero-order valence-electron chi connectivity index (χ0n) is 51.1. The molecule has 0 saturated carbocycles. The van der Waals surface area contributed by atoms with E-state index < -0.39 is 16.2 Å². The van der Waals surface area contributed by atoms with Gasteiger partial charge in [0.1, 0.15) is 5.82 Å². The molecule has 0 atom stereocenters. The summed E-state index contributed by atoms with van der Waals surface area (Å²) in [5.74, 6) is 2.01. The van der Waals surface area contributed by atoms with Gasteiger partial charge in [-0.2, -0.15) is 11.6 Å². The molecule has 3 aromatic heterocycles. The topological polar surface area (TPSA) is 35.9 Å². The number of imidazole rings is 1. The number of hydrogen-bond acceptors (Lipinski definition) is 2. The zero-order valence-corrected chi connectivity index (χ0v) is 53.3. The molecule has 0 saturated heterocycles. The maximum Gasteiger partial charge on any atom is 0.267 e. The van der Waals surface area contributed by atoms with Crippen LogP contribution in [0, 0.1) is 18.5 Å². The van der Waals surface area contributed by atoms with Crippen LogP contribution in [0.25, 0.3) is 50.1 Å². The fourth-order valence-electron chi connectivity index (χ4n) is 11.9. The number of aromatic nitrogens is 4. The SMILES string of the molecule is CC(C)(C)c1cc(Oc2[c-]c3c(c(C(C)(C)c4ccccc4)c2)c2ccccc2n3-c2cc(C(C)(C)C)ccn2)[c-]c(-n2[c-][n+](-c3cc(-c4ccccc4)cc(C(C)(C)C)c3)c(C(C)(C)c3ccccc3)c2C(C)(C)c2ccccc2)c1.[Pt]. The first-order valence-corrected chi connectivity index (χ1v) is 29.0. The van der Waals surface area contributed by atoms with Crippen molar-refractivity contribution in [2.75, 3.05) is 0 Å². The van der Waals surface area contributed by atoms with Crippen molar-refractivity contribution < 1.29 is 30.4 Å². The third-order valence-electron chi connectivity index (χ3n) is 17.0. The van der Waals surface area contributed by atoms with Gasteiger partial charge in [-0.15, -0.1) is 29.8 Å². The molecule has 0 radical (unpaired) electrons. The number of para-hydroxylation sites is 1. The van der Waals surface area contributed by atoms with Crippen LogP contribution in [0.2, 0.25) is 0 Å². The van der Waals surface area contributed by atoms with Gasteiger partial charge in [-0.25, -0.2) is 4.98 Å². The summed E-state index contributed by atoms with van der Waals surface area (Å²) in [4.78, 5) is 5.08. The van der Waals surface area contributed by atoms with Gasteiger partial charge in [0.2, 0.25) is 0 Å². The van der Waals surface area contributed by atoms with Crippen molar-refractivity contribution in [2.45, 2.75) is 136 Å². The van der Waals surface area contributed by atoms with E-state index in [1.165, 1.54) is 27.8 Å². The van der Waals surface area contributed by atoms with Gasteiger partial charge in [-0.1, -0.05) is 260 Å². The van der Waals surface area contributed by atoms with Gasteiger partial charge in [0.25, 0.3) is 6.33 Å². The summed E-state index contributed by atoms with van der Waals surface area (Å²) in [6.45, 7) is 34.5. The number of hydrogen-bond donors (Lipinski definition) is 0. The van der Waals surface area contributed by atoms with Crippen molar-refractivity contribution >= 4 is 21.8 Å². The van der Waals surface area contributed by atoms with Crippen LogP contribution in [0.1, 0.15) is 154 Å². The van der Waals surface area contributed by atoms with Crippen LogP contribution in [0.5, 0.6) is 11.5 Å². The van der Waals surface area contributed by atoms with Crippen molar-refractivity contribution in [3.63, 3.8) is 0 Å². The molecule has 8 aromatic carbocycles. The molecule has 0 aliphatic rings. The number of fused-ring (bicyclic) bond motifs is 3. The fourth-order valence-corrected chi connectivity index (χ4v) is 11.9. The minimum atomic E-state index is -0.566. The summed E-state index contributed by atoms with van der Waals surface area (Å²) in [5, 5.41) is 2.25.